The third-order valence-electron chi connectivity index (χ3n) is 7.54. The van der Waals surface area contributed by atoms with Gasteiger partial charge in [0.25, 0.3) is 0 Å². The molecule has 2 aromatic heterocycles. The molecular formula is C36H24N2S. The van der Waals surface area contributed by atoms with Crippen LogP contribution < -0.4 is 5.32 Å². The van der Waals surface area contributed by atoms with Gasteiger partial charge < -0.3 is 9.88 Å². The van der Waals surface area contributed by atoms with Gasteiger partial charge in [-0.1, -0.05) is 84.9 Å². The van der Waals surface area contributed by atoms with Crippen LogP contribution in [0, 0.1) is 0 Å². The zero-order chi connectivity index (χ0) is 25.8. The molecule has 0 saturated carbocycles. The van der Waals surface area contributed by atoms with E-state index in [4.69, 9.17) is 0 Å². The molecule has 8 aromatic rings. The van der Waals surface area contributed by atoms with Crippen molar-refractivity contribution in [3.05, 3.63) is 140 Å². The van der Waals surface area contributed by atoms with Crippen molar-refractivity contribution >= 4 is 64.7 Å². The molecule has 0 atom stereocenters. The Hall–Kier alpha value is -4.86. The number of benzene rings is 6. The van der Waals surface area contributed by atoms with E-state index in [1.54, 1.807) is 0 Å². The van der Waals surface area contributed by atoms with Gasteiger partial charge >= 0.3 is 0 Å². The SMILES string of the molecule is c1ccc(Nc2cccc(-c3cccc(-n4c5ccccc5c5c6sc7ccccc7c6ccc54)c3)c2)cc1. The lowest BCUT2D eigenvalue weighted by Crippen LogP contribution is -1.94. The van der Waals surface area contributed by atoms with Gasteiger partial charge in [0, 0.05) is 48.0 Å². The van der Waals surface area contributed by atoms with Crippen molar-refractivity contribution < 1.29 is 0 Å². The maximum absolute atomic E-state index is 3.53. The summed E-state index contributed by atoms with van der Waals surface area (Å²) in [5, 5.41) is 8.83. The number of nitrogens with one attached hydrogen (secondary N) is 1. The van der Waals surface area contributed by atoms with Gasteiger partial charge in [-0.25, -0.2) is 0 Å². The molecular weight excluding hydrogens is 492 g/mol. The van der Waals surface area contributed by atoms with Crippen LogP contribution in [0.15, 0.2) is 140 Å². The molecule has 39 heavy (non-hydrogen) atoms. The Morgan fingerprint density at radius 3 is 2.10 bits per heavy atom. The average Bonchev–Trinajstić information content (AvgIpc) is 3.54. The first-order valence-electron chi connectivity index (χ1n) is 13.2. The van der Waals surface area contributed by atoms with E-state index >= 15 is 0 Å². The second-order valence-corrected chi connectivity index (χ2v) is 11.0. The number of hydrogen-bond acceptors (Lipinski definition) is 2. The summed E-state index contributed by atoms with van der Waals surface area (Å²) in [5.41, 5.74) is 8.18. The van der Waals surface area contributed by atoms with Crippen LogP contribution in [0.2, 0.25) is 0 Å². The summed E-state index contributed by atoms with van der Waals surface area (Å²) < 4.78 is 5.12. The lowest BCUT2D eigenvalue weighted by Gasteiger charge is -2.12. The van der Waals surface area contributed by atoms with Crippen molar-refractivity contribution in [2.24, 2.45) is 0 Å². The molecule has 0 fully saturated rings. The third kappa shape index (κ3) is 3.63. The van der Waals surface area contributed by atoms with Gasteiger partial charge in [0.15, 0.2) is 0 Å². The number of rotatable bonds is 4. The van der Waals surface area contributed by atoms with Crippen LogP contribution in [0.3, 0.4) is 0 Å². The zero-order valence-electron chi connectivity index (χ0n) is 21.1. The predicted molar refractivity (Wildman–Crippen MR) is 169 cm³/mol. The van der Waals surface area contributed by atoms with Crippen LogP contribution in [0.1, 0.15) is 0 Å². The molecule has 8 rings (SSSR count). The second kappa shape index (κ2) is 8.87. The summed E-state index contributed by atoms with van der Waals surface area (Å²) in [5.74, 6) is 0. The van der Waals surface area contributed by atoms with E-state index in [-0.39, 0.29) is 0 Å². The molecule has 2 heterocycles. The highest BCUT2D eigenvalue weighted by Gasteiger charge is 2.17. The molecule has 0 amide bonds. The van der Waals surface area contributed by atoms with Crippen molar-refractivity contribution in [3.8, 4) is 16.8 Å². The fourth-order valence-corrected chi connectivity index (χ4v) is 7.06. The Labute approximate surface area is 230 Å². The van der Waals surface area contributed by atoms with Gasteiger partial charge in [-0.15, -0.1) is 11.3 Å². The zero-order valence-corrected chi connectivity index (χ0v) is 22.0. The largest absolute Gasteiger partial charge is 0.356 e. The number of aromatic nitrogens is 1. The van der Waals surface area contributed by atoms with Crippen molar-refractivity contribution in [1.29, 1.82) is 0 Å². The Morgan fingerprint density at radius 1 is 0.487 bits per heavy atom. The molecule has 6 aromatic carbocycles. The molecule has 3 heteroatoms. The number of anilines is 2. The molecule has 2 nitrogen and oxygen atoms in total. The van der Waals surface area contributed by atoms with Crippen LogP contribution in [0.4, 0.5) is 11.4 Å². The fourth-order valence-electron chi connectivity index (χ4n) is 5.80. The van der Waals surface area contributed by atoms with E-state index in [1.165, 1.54) is 58.8 Å². The minimum Gasteiger partial charge on any atom is -0.356 e. The minimum atomic E-state index is 1.08. The number of thiophene rings is 1. The van der Waals surface area contributed by atoms with Crippen molar-refractivity contribution in [3.63, 3.8) is 0 Å². The molecule has 0 aliphatic heterocycles. The van der Waals surface area contributed by atoms with Gasteiger partial charge in [-0.3, -0.25) is 0 Å². The number of nitrogens with zero attached hydrogens (tertiary/aromatic N) is 1. The quantitative estimate of drug-likeness (QED) is 0.246. The van der Waals surface area contributed by atoms with Gasteiger partial charge in [-0.05, 0) is 65.7 Å². The summed E-state index contributed by atoms with van der Waals surface area (Å²) in [6.07, 6.45) is 0. The van der Waals surface area contributed by atoms with Gasteiger partial charge in [0.05, 0.1) is 11.0 Å². The van der Waals surface area contributed by atoms with E-state index in [9.17, 15) is 0 Å². The molecule has 0 spiro atoms. The van der Waals surface area contributed by atoms with E-state index in [2.05, 4.69) is 131 Å². The fraction of sp³-hybridized carbons (Fsp3) is 0. The van der Waals surface area contributed by atoms with Crippen molar-refractivity contribution in [2.75, 3.05) is 5.32 Å². The van der Waals surface area contributed by atoms with Crippen LogP contribution >= 0.6 is 11.3 Å². The standard InChI is InChI=1S/C36H24N2S/c1-2-12-26(13-3-1)37-27-14-8-10-24(22-27)25-11-9-15-28(23-25)38-32-18-6-4-17-31(32)35-33(38)21-20-30-29-16-5-7-19-34(29)39-36(30)35/h1-23,37H. The molecule has 0 unspecified atom stereocenters. The van der Waals surface area contributed by atoms with Gasteiger partial charge in [-0.2, -0.15) is 0 Å². The maximum atomic E-state index is 3.53. The van der Waals surface area contributed by atoms with E-state index in [1.807, 2.05) is 29.5 Å². The van der Waals surface area contributed by atoms with Crippen LogP contribution in [0.25, 0.3) is 58.8 Å². The molecule has 184 valence electrons. The Morgan fingerprint density at radius 2 is 1.21 bits per heavy atom. The highest BCUT2D eigenvalue weighted by Crippen LogP contribution is 2.43. The third-order valence-corrected chi connectivity index (χ3v) is 8.75. The van der Waals surface area contributed by atoms with E-state index in [0.29, 0.717) is 0 Å². The van der Waals surface area contributed by atoms with Gasteiger partial charge in [0.1, 0.15) is 0 Å². The molecule has 0 saturated heterocycles. The summed E-state index contributed by atoms with van der Waals surface area (Å²) >= 11 is 1.90. The second-order valence-electron chi connectivity index (χ2n) is 9.91. The van der Waals surface area contributed by atoms with E-state index < -0.39 is 0 Å². The summed E-state index contributed by atoms with van der Waals surface area (Å²) in [6, 6.07) is 50.0. The predicted octanol–water partition coefficient (Wildman–Crippen LogP) is 10.6. The van der Waals surface area contributed by atoms with Crippen molar-refractivity contribution in [1.82, 2.24) is 4.57 Å². The van der Waals surface area contributed by atoms with Crippen LogP contribution in [0.5, 0.6) is 0 Å². The van der Waals surface area contributed by atoms with Crippen LogP contribution in [-0.4, -0.2) is 4.57 Å². The highest BCUT2D eigenvalue weighted by atomic mass is 32.1. The molecule has 0 bridgehead atoms. The normalized spacial score (nSPS) is 11.6. The lowest BCUT2D eigenvalue weighted by atomic mass is 10.0. The topological polar surface area (TPSA) is 17.0 Å². The summed E-state index contributed by atoms with van der Waals surface area (Å²) in [7, 11) is 0. The van der Waals surface area contributed by atoms with Crippen LogP contribution in [-0.2, 0) is 0 Å². The highest BCUT2D eigenvalue weighted by molar-refractivity contribution is 7.26. The average molecular weight is 517 g/mol. The smallest absolute Gasteiger partial charge is 0.0555 e. The number of fused-ring (bicyclic) bond motifs is 7. The Kier molecular flexibility index (Phi) is 5.04. The molecule has 0 radical (unpaired) electrons. The summed E-state index contributed by atoms with van der Waals surface area (Å²) in [6.45, 7) is 0. The molecule has 0 aliphatic carbocycles. The lowest BCUT2D eigenvalue weighted by molar-refractivity contribution is 1.18. The molecule has 0 aliphatic rings. The van der Waals surface area contributed by atoms with Gasteiger partial charge in [0.2, 0.25) is 0 Å². The minimum absolute atomic E-state index is 1.08. The Balaban J connectivity index is 1.31. The Bertz CT molecular complexity index is 2150. The number of hydrogen-bond donors (Lipinski definition) is 1. The monoisotopic (exact) mass is 516 g/mol. The first-order valence-corrected chi connectivity index (χ1v) is 14.0. The van der Waals surface area contributed by atoms with E-state index in [0.717, 1.165) is 11.4 Å². The molecule has 1 N–H and O–H groups in total. The first-order chi connectivity index (χ1) is 19.3. The maximum Gasteiger partial charge on any atom is 0.0555 e. The summed E-state index contributed by atoms with van der Waals surface area (Å²) in [4.78, 5) is 0. The van der Waals surface area contributed by atoms with Crippen molar-refractivity contribution in [2.45, 2.75) is 0 Å². The first kappa shape index (κ1) is 22.2. The number of para-hydroxylation sites is 2.